The maximum atomic E-state index is 2.63. The van der Waals surface area contributed by atoms with Crippen molar-refractivity contribution in [2.45, 2.75) is 65.8 Å². The largest absolute Gasteiger partial charge is 0.298 e. The zero-order valence-corrected chi connectivity index (χ0v) is 14.7. The average molecular weight is 287 g/mol. The van der Waals surface area contributed by atoms with Crippen molar-refractivity contribution < 1.29 is 0 Å². The molecule has 21 heavy (non-hydrogen) atoms. The van der Waals surface area contributed by atoms with Gasteiger partial charge in [-0.3, -0.25) is 4.90 Å². The molecule has 0 spiro atoms. The van der Waals surface area contributed by atoms with Gasteiger partial charge >= 0.3 is 0 Å². The van der Waals surface area contributed by atoms with E-state index in [1.165, 1.54) is 49.9 Å². The Kier molecular flexibility index (Phi) is 7.74. The van der Waals surface area contributed by atoms with Crippen LogP contribution in [-0.4, -0.2) is 23.5 Å². The van der Waals surface area contributed by atoms with Gasteiger partial charge in [-0.25, -0.2) is 0 Å². The SMILES string of the molecule is CC(C)=CCCCN(CCCc1ccccc1)C(C)(C)C. The Hall–Kier alpha value is -1.08. The van der Waals surface area contributed by atoms with Gasteiger partial charge < -0.3 is 0 Å². The van der Waals surface area contributed by atoms with E-state index in [4.69, 9.17) is 0 Å². The molecule has 1 nitrogen and oxygen atoms in total. The van der Waals surface area contributed by atoms with E-state index in [1.54, 1.807) is 0 Å². The molecule has 0 fully saturated rings. The Labute approximate surface area is 132 Å². The van der Waals surface area contributed by atoms with Crippen molar-refractivity contribution >= 4 is 0 Å². The number of rotatable bonds is 8. The average Bonchev–Trinajstić information content (AvgIpc) is 2.41. The van der Waals surface area contributed by atoms with Crippen molar-refractivity contribution in [3.05, 3.63) is 47.5 Å². The molecular weight excluding hydrogens is 254 g/mol. The fourth-order valence-electron chi connectivity index (χ4n) is 2.57. The Morgan fingerprint density at radius 2 is 1.62 bits per heavy atom. The molecule has 0 bridgehead atoms. The summed E-state index contributed by atoms with van der Waals surface area (Å²) < 4.78 is 0. The van der Waals surface area contributed by atoms with E-state index in [0.717, 1.165) is 0 Å². The van der Waals surface area contributed by atoms with Gasteiger partial charge in [0.1, 0.15) is 0 Å². The van der Waals surface area contributed by atoms with Crippen LogP contribution in [0.15, 0.2) is 42.0 Å². The van der Waals surface area contributed by atoms with Crippen LogP contribution in [0.3, 0.4) is 0 Å². The first kappa shape index (κ1) is 18.0. The van der Waals surface area contributed by atoms with Crippen LogP contribution >= 0.6 is 0 Å². The van der Waals surface area contributed by atoms with Gasteiger partial charge in [-0.05, 0) is 79.0 Å². The molecule has 0 aliphatic carbocycles. The molecule has 0 saturated carbocycles. The molecule has 118 valence electrons. The van der Waals surface area contributed by atoms with E-state index < -0.39 is 0 Å². The van der Waals surface area contributed by atoms with E-state index in [1.807, 2.05) is 0 Å². The van der Waals surface area contributed by atoms with Crippen LogP contribution in [0.2, 0.25) is 0 Å². The van der Waals surface area contributed by atoms with Gasteiger partial charge in [-0.2, -0.15) is 0 Å². The van der Waals surface area contributed by atoms with Gasteiger partial charge in [0.15, 0.2) is 0 Å². The lowest BCUT2D eigenvalue weighted by atomic mass is 10.0. The van der Waals surface area contributed by atoms with Crippen molar-refractivity contribution in [3.63, 3.8) is 0 Å². The van der Waals surface area contributed by atoms with Gasteiger partial charge in [0.2, 0.25) is 0 Å². The standard InChI is InChI=1S/C20H33N/c1-18(2)12-9-10-16-21(20(3,4)5)17-11-15-19-13-7-6-8-14-19/h6-8,12-14H,9-11,15-17H2,1-5H3. The van der Waals surface area contributed by atoms with E-state index in [9.17, 15) is 0 Å². The number of hydrogen-bond acceptors (Lipinski definition) is 1. The van der Waals surface area contributed by atoms with E-state index in [2.05, 4.69) is 75.9 Å². The maximum absolute atomic E-state index is 2.63. The first-order chi connectivity index (χ1) is 9.89. The van der Waals surface area contributed by atoms with Crippen molar-refractivity contribution in [2.75, 3.05) is 13.1 Å². The molecule has 1 aromatic carbocycles. The Bertz CT molecular complexity index is 407. The monoisotopic (exact) mass is 287 g/mol. The summed E-state index contributed by atoms with van der Waals surface area (Å²) >= 11 is 0. The third kappa shape index (κ3) is 8.06. The lowest BCUT2D eigenvalue weighted by Gasteiger charge is -2.35. The molecule has 0 unspecified atom stereocenters. The predicted molar refractivity (Wildman–Crippen MR) is 94.8 cm³/mol. The first-order valence-corrected chi connectivity index (χ1v) is 8.32. The first-order valence-electron chi connectivity index (χ1n) is 8.32. The number of aryl methyl sites for hydroxylation is 1. The molecule has 1 aromatic rings. The predicted octanol–water partition coefficient (Wildman–Crippen LogP) is 5.47. The molecule has 1 heteroatoms. The summed E-state index contributed by atoms with van der Waals surface area (Å²) in [6.45, 7) is 13.7. The van der Waals surface area contributed by atoms with Crippen molar-refractivity contribution in [3.8, 4) is 0 Å². The molecule has 0 radical (unpaired) electrons. The fraction of sp³-hybridized carbons (Fsp3) is 0.600. The number of benzene rings is 1. The van der Waals surface area contributed by atoms with Gasteiger partial charge in [0.25, 0.3) is 0 Å². The van der Waals surface area contributed by atoms with Gasteiger partial charge in [-0.1, -0.05) is 42.0 Å². The summed E-state index contributed by atoms with van der Waals surface area (Å²) in [6.07, 6.45) is 7.23. The summed E-state index contributed by atoms with van der Waals surface area (Å²) in [4.78, 5) is 2.63. The smallest absolute Gasteiger partial charge is 0.0125 e. The van der Waals surface area contributed by atoms with Crippen molar-refractivity contribution in [1.29, 1.82) is 0 Å². The third-order valence-corrected chi connectivity index (χ3v) is 3.87. The minimum atomic E-state index is 0.266. The van der Waals surface area contributed by atoms with E-state index >= 15 is 0 Å². The van der Waals surface area contributed by atoms with Gasteiger partial charge in [-0.15, -0.1) is 0 Å². The van der Waals surface area contributed by atoms with Crippen LogP contribution in [0.5, 0.6) is 0 Å². The highest BCUT2D eigenvalue weighted by molar-refractivity contribution is 5.14. The maximum Gasteiger partial charge on any atom is 0.0125 e. The molecular formula is C20H33N. The highest BCUT2D eigenvalue weighted by Crippen LogP contribution is 2.16. The van der Waals surface area contributed by atoms with E-state index in [-0.39, 0.29) is 5.54 Å². The molecule has 0 aromatic heterocycles. The fourth-order valence-corrected chi connectivity index (χ4v) is 2.57. The van der Waals surface area contributed by atoms with Gasteiger partial charge in [0, 0.05) is 5.54 Å². The molecule has 0 saturated heterocycles. The summed E-state index contributed by atoms with van der Waals surface area (Å²) in [7, 11) is 0. The Morgan fingerprint density at radius 3 is 2.19 bits per heavy atom. The second-order valence-corrected chi connectivity index (χ2v) is 7.17. The molecule has 0 amide bonds. The number of allylic oxidation sites excluding steroid dienone is 2. The minimum absolute atomic E-state index is 0.266. The number of nitrogens with zero attached hydrogens (tertiary/aromatic N) is 1. The van der Waals surface area contributed by atoms with Crippen LogP contribution in [0, 0.1) is 0 Å². The molecule has 0 N–H and O–H groups in total. The molecule has 1 rings (SSSR count). The van der Waals surface area contributed by atoms with Crippen molar-refractivity contribution in [2.24, 2.45) is 0 Å². The number of unbranched alkanes of at least 4 members (excludes halogenated alkanes) is 1. The Morgan fingerprint density at radius 1 is 1.00 bits per heavy atom. The van der Waals surface area contributed by atoms with Crippen LogP contribution in [0.4, 0.5) is 0 Å². The summed E-state index contributed by atoms with van der Waals surface area (Å²) in [5.74, 6) is 0. The zero-order chi connectivity index (χ0) is 15.7. The van der Waals surface area contributed by atoms with E-state index in [0.29, 0.717) is 0 Å². The van der Waals surface area contributed by atoms with Crippen LogP contribution in [0.25, 0.3) is 0 Å². The second kappa shape index (κ2) is 9.04. The lowest BCUT2D eigenvalue weighted by Crippen LogP contribution is -2.42. The molecule has 0 aliphatic rings. The zero-order valence-electron chi connectivity index (χ0n) is 14.7. The molecule has 0 heterocycles. The van der Waals surface area contributed by atoms with Crippen LogP contribution in [0.1, 0.15) is 59.4 Å². The quantitative estimate of drug-likeness (QED) is 0.453. The Balaban J connectivity index is 2.38. The summed E-state index contributed by atoms with van der Waals surface area (Å²) in [5.41, 5.74) is 3.15. The summed E-state index contributed by atoms with van der Waals surface area (Å²) in [6, 6.07) is 10.8. The lowest BCUT2D eigenvalue weighted by molar-refractivity contribution is 0.133. The molecule has 0 aliphatic heterocycles. The molecule has 0 atom stereocenters. The number of hydrogen-bond donors (Lipinski definition) is 0. The summed E-state index contributed by atoms with van der Waals surface area (Å²) in [5, 5.41) is 0. The van der Waals surface area contributed by atoms with Crippen LogP contribution < -0.4 is 0 Å². The highest BCUT2D eigenvalue weighted by atomic mass is 15.2. The normalized spacial score (nSPS) is 11.7. The second-order valence-electron chi connectivity index (χ2n) is 7.17. The van der Waals surface area contributed by atoms with Crippen molar-refractivity contribution in [1.82, 2.24) is 4.90 Å². The third-order valence-electron chi connectivity index (χ3n) is 3.87. The van der Waals surface area contributed by atoms with Gasteiger partial charge in [0.05, 0.1) is 0 Å². The highest BCUT2D eigenvalue weighted by Gasteiger charge is 2.19. The van der Waals surface area contributed by atoms with Crippen LogP contribution in [-0.2, 0) is 6.42 Å². The minimum Gasteiger partial charge on any atom is -0.298 e. The topological polar surface area (TPSA) is 3.24 Å².